The van der Waals surface area contributed by atoms with Gasteiger partial charge >= 0.3 is 5.97 Å². The van der Waals surface area contributed by atoms with E-state index in [9.17, 15) is 19.7 Å². The summed E-state index contributed by atoms with van der Waals surface area (Å²) in [5.74, 6) is -0.430. The lowest BCUT2D eigenvalue weighted by Gasteiger charge is -2.21. The summed E-state index contributed by atoms with van der Waals surface area (Å²) in [7, 11) is 1.19. The van der Waals surface area contributed by atoms with Gasteiger partial charge in [0.15, 0.2) is 0 Å². The van der Waals surface area contributed by atoms with E-state index < -0.39 is 10.9 Å². The zero-order chi connectivity index (χ0) is 19.6. The quantitative estimate of drug-likeness (QED) is 0.466. The number of nitro benzene ring substituents is 1. The number of benzene rings is 1. The van der Waals surface area contributed by atoms with Gasteiger partial charge in [0.25, 0.3) is 5.69 Å². The highest BCUT2D eigenvalue weighted by Gasteiger charge is 2.33. The molecule has 0 radical (unpaired) electrons. The van der Waals surface area contributed by atoms with Gasteiger partial charge in [-0.2, -0.15) is 0 Å². The fraction of sp³-hybridized carbons (Fsp3) is 0.556. The molecule has 3 rings (SSSR count). The van der Waals surface area contributed by atoms with Gasteiger partial charge in [-0.25, -0.2) is 4.79 Å². The maximum atomic E-state index is 12.5. The third-order valence-electron chi connectivity index (χ3n) is 5.25. The second kappa shape index (κ2) is 8.12. The van der Waals surface area contributed by atoms with Gasteiger partial charge < -0.3 is 15.0 Å². The van der Waals surface area contributed by atoms with Crippen LogP contribution < -0.4 is 5.32 Å². The summed E-state index contributed by atoms with van der Waals surface area (Å²) >= 11 is 6.10. The molecule has 1 saturated heterocycles. The summed E-state index contributed by atoms with van der Waals surface area (Å²) in [6, 6.07) is 2.38. The van der Waals surface area contributed by atoms with Gasteiger partial charge in [0.1, 0.15) is 5.69 Å². The molecule has 1 aliphatic carbocycles. The Morgan fingerprint density at radius 1 is 1.30 bits per heavy atom. The maximum Gasteiger partial charge on any atom is 0.339 e. The number of nitrogens with one attached hydrogen (secondary N) is 1. The Morgan fingerprint density at radius 2 is 2.00 bits per heavy atom. The molecule has 0 aromatic heterocycles. The van der Waals surface area contributed by atoms with E-state index in [0.717, 1.165) is 31.7 Å². The van der Waals surface area contributed by atoms with Crippen LogP contribution in [0.5, 0.6) is 0 Å². The van der Waals surface area contributed by atoms with Crippen LogP contribution in [0, 0.1) is 16.0 Å². The van der Waals surface area contributed by atoms with Gasteiger partial charge in [0.2, 0.25) is 5.91 Å². The minimum atomic E-state index is -0.733. The molecule has 1 aromatic carbocycles. The van der Waals surface area contributed by atoms with Crippen molar-refractivity contribution in [3.63, 3.8) is 0 Å². The number of anilines is 1. The van der Waals surface area contributed by atoms with E-state index in [1.807, 2.05) is 4.90 Å². The maximum absolute atomic E-state index is 12.5. The number of hydrogen-bond donors (Lipinski definition) is 1. The molecule has 27 heavy (non-hydrogen) atoms. The molecule has 0 spiro atoms. The Kier molecular flexibility index (Phi) is 5.84. The molecule has 1 atom stereocenters. The van der Waals surface area contributed by atoms with E-state index >= 15 is 0 Å². The lowest BCUT2D eigenvalue weighted by molar-refractivity contribution is -0.384. The molecular weight excluding hydrogens is 374 g/mol. The summed E-state index contributed by atoms with van der Waals surface area (Å²) in [5.41, 5.74) is -0.0703. The minimum absolute atomic E-state index is 0.0547. The first-order valence-electron chi connectivity index (χ1n) is 9.02. The molecule has 1 amide bonds. The molecule has 2 fully saturated rings. The van der Waals surface area contributed by atoms with Crippen LogP contribution in [0.1, 0.15) is 42.5 Å². The highest BCUT2D eigenvalue weighted by Crippen LogP contribution is 2.33. The summed E-state index contributed by atoms with van der Waals surface area (Å²) < 4.78 is 4.60. The number of carbonyl (C=O) groups is 2. The smallest absolute Gasteiger partial charge is 0.339 e. The van der Waals surface area contributed by atoms with E-state index in [2.05, 4.69) is 10.1 Å². The van der Waals surface area contributed by atoms with Crippen molar-refractivity contribution < 1.29 is 19.2 Å². The standard InChI is InChI=1S/C18H22ClN3O5/c1-27-18(24)13-8-16(22(25)26)15(9-14(13)19)20-12-6-7-21(10-12)17(23)11-4-2-3-5-11/h8-9,11-12,20H,2-7,10H2,1H3. The van der Waals surface area contributed by atoms with Gasteiger partial charge in [-0.1, -0.05) is 24.4 Å². The number of esters is 1. The van der Waals surface area contributed by atoms with Gasteiger partial charge in [-0.3, -0.25) is 14.9 Å². The normalized spacial score (nSPS) is 19.9. The topological polar surface area (TPSA) is 102 Å². The van der Waals surface area contributed by atoms with Crippen molar-refractivity contribution in [3.05, 3.63) is 32.8 Å². The molecule has 1 N–H and O–H groups in total. The molecule has 146 valence electrons. The summed E-state index contributed by atoms with van der Waals surface area (Å²) in [4.78, 5) is 37.0. The average Bonchev–Trinajstić information content (AvgIpc) is 3.32. The Morgan fingerprint density at radius 3 is 2.63 bits per heavy atom. The first-order chi connectivity index (χ1) is 12.9. The first kappa shape index (κ1) is 19.4. The number of ether oxygens (including phenoxy) is 1. The predicted octanol–water partition coefficient (Wildman–Crippen LogP) is 3.24. The number of hydrogen-bond acceptors (Lipinski definition) is 6. The average molecular weight is 396 g/mol. The number of halogens is 1. The fourth-order valence-corrected chi connectivity index (χ4v) is 4.06. The monoisotopic (exact) mass is 395 g/mol. The molecule has 8 nitrogen and oxygen atoms in total. The van der Waals surface area contributed by atoms with E-state index in [0.29, 0.717) is 19.5 Å². The Labute approximate surface area is 162 Å². The zero-order valence-corrected chi connectivity index (χ0v) is 15.8. The minimum Gasteiger partial charge on any atom is -0.465 e. The van der Waals surface area contributed by atoms with Crippen LogP contribution in [0.2, 0.25) is 5.02 Å². The van der Waals surface area contributed by atoms with E-state index in [4.69, 9.17) is 11.6 Å². The van der Waals surface area contributed by atoms with Crippen molar-refractivity contribution >= 4 is 34.9 Å². The van der Waals surface area contributed by atoms with Crippen molar-refractivity contribution in [2.45, 2.75) is 38.1 Å². The van der Waals surface area contributed by atoms with Crippen molar-refractivity contribution in [2.75, 3.05) is 25.5 Å². The number of likely N-dealkylation sites (tertiary alicyclic amines) is 1. The zero-order valence-electron chi connectivity index (χ0n) is 15.1. The predicted molar refractivity (Wildman–Crippen MR) is 100 cm³/mol. The summed E-state index contributed by atoms with van der Waals surface area (Å²) in [5, 5.41) is 14.6. The molecule has 1 aromatic rings. The second-order valence-corrected chi connectivity index (χ2v) is 7.40. The van der Waals surface area contributed by atoms with Crippen molar-refractivity contribution in [1.29, 1.82) is 0 Å². The second-order valence-electron chi connectivity index (χ2n) is 6.99. The van der Waals surface area contributed by atoms with E-state index in [1.54, 1.807) is 0 Å². The summed E-state index contributed by atoms with van der Waals surface area (Å²) in [6.07, 6.45) is 4.80. The van der Waals surface area contributed by atoms with Crippen molar-refractivity contribution in [1.82, 2.24) is 4.90 Å². The number of nitrogens with zero attached hydrogens (tertiary/aromatic N) is 2. The third kappa shape index (κ3) is 4.16. The Balaban J connectivity index is 1.73. The number of nitro groups is 1. The van der Waals surface area contributed by atoms with Crippen LogP contribution in [-0.4, -0.2) is 47.9 Å². The summed E-state index contributed by atoms with van der Waals surface area (Å²) in [6.45, 7) is 1.14. The van der Waals surface area contributed by atoms with E-state index in [1.165, 1.54) is 13.2 Å². The van der Waals surface area contributed by atoms with Crippen LogP contribution in [0.4, 0.5) is 11.4 Å². The lowest BCUT2D eigenvalue weighted by atomic mass is 10.1. The van der Waals surface area contributed by atoms with Gasteiger partial charge in [-0.15, -0.1) is 0 Å². The Bertz CT molecular complexity index is 764. The van der Waals surface area contributed by atoms with E-state index in [-0.39, 0.29) is 39.8 Å². The highest BCUT2D eigenvalue weighted by molar-refractivity contribution is 6.34. The lowest BCUT2D eigenvalue weighted by Crippen LogP contribution is -2.35. The van der Waals surface area contributed by atoms with Crippen LogP contribution in [0.25, 0.3) is 0 Å². The molecule has 9 heteroatoms. The molecular formula is C18H22ClN3O5. The molecule has 2 aliphatic rings. The number of amides is 1. The van der Waals surface area contributed by atoms with Crippen molar-refractivity contribution in [2.24, 2.45) is 5.92 Å². The SMILES string of the molecule is COC(=O)c1cc([N+](=O)[O-])c(NC2CCN(C(=O)C3CCCC3)C2)cc1Cl. The fourth-order valence-electron chi connectivity index (χ4n) is 3.82. The molecule has 1 saturated carbocycles. The largest absolute Gasteiger partial charge is 0.465 e. The molecule has 1 aliphatic heterocycles. The number of methoxy groups -OCH3 is 1. The van der Waals surface area contributed by atoms with Crippen LogP contribution in [-0.2, 0) is 9.53 Å². The first-order valence-corrected chi connectivity index (χ1v) is 9.40. The molecule has 1 unspecified atom stereocenters. The number of carbonyl (C=O) groups excluding carboxylic acids is 2. The van der Waals surface area contributed by atoms with Crippen LogP contribution in [0.15, 0.2) is 12.1 Å². The van der Waals surface area contributed by atoms with Crippen molar-refractivity contribution in [3.8, 4) is 0 Å². The third-order valence-corrected chi connectivity index (χ3v) is 5.56. The van der Waals surface area contributed by atoms with Gasteiger partial charge in [0.05, 0.1) is 22.6 Å². The van der Waals surface area contributed by atoms with Gasteiger partial charge in [0, 0.05) is 31.1 Å². The van der Waals surface area contributed by atoms with Gasteiger partial charge in [-0.05, 0) is 25.3 Å². The number of rotatable bonds is 5. The van der Waals surface area contributed by atoms with Crippen LogP contribution >= 0.6 is 11.6 Å². The highest BCUT2D eigenvalue weighted by atomic mass is 35.5. The molecule has 0 bridgehead atoms. The van der Waals surface area contributed by atoms with Crippen LogP contribution in [0.3, 0.4) is 0 Å². The molecule has 1 heterocycles. The Hall–Kier alpha value is -2.35.